The SMILES string of the molecule is C=Cc1ccc(-c2ccc3nc(-c4ccc(F)cc4)n(CC4CCC[NH+](CC)C4)c(=O)c3c2)cc1. The maximum absolute atomic E-state index is 13.9. The lowest BCUT2D eigenvalue weighted by Crippen LogP contribution is -3.13. The van der Waals surface area contributed by atoms with Crippen LogP contribution in [0.4, 0.5) is 4.39 Å². The first-order valence-corrected chi connectivity index (χ1v) is 12.4. The van der Waals surface area contributed by atoms with Crippen LogP contribution < -0.4 is 10.5 Å². The summed E-state index contributed by atoms with van der Waals surface area (Å²) < 4.78 is 15.5. The van der Waals surface area contributed by atoms with Crippen molar-refractivity contribution in [2.45, 2.75) is 26.3 Å². The van der Waals surface area contributed by atoms with Crippen LogP contribution in [0.25, 0.3) is 39.5 Å². The summed E-state index contributed by atoms with van der Waals surface area (Å²) in [6.45, 7) is 10.00. The van der Waals surface area contributed by atoms with Crippen LogP contribution in [0.15, 0.2) is 78.1 Å². The molecule has 4 aromatic rings. The molecular formula is C30H31FN3O+. The second-order valence-corrected chi connectivity index (χ2v) is 9.48. The summed E-state index contributed by atoms with van der Waals surface area (Å²) >= 11 is 0. The number of halogens is 1. The number of nitrogens with one attached hydrogen (secondary N) is 1. The molecule has 2 atom stereocenters. The van der Waals surface area contributed by atoms with Gasteiger partial charge in [0.2, 0.25) is 0 Å². The van der Waals surface area contributed by atoms with Gasteiger partial charge in [-0.15, -0.1) is 0 Å². The van der Waals surface area contributed by atoms with Crippen molar-refractivity contribution in [3.63, 3.8) is 0 Å². The number of hydrogen-bond acceptors (Lipinski definition) is 2. The average Bonchev–Trinajstić information content (AvgIpc) is 2.90. The van der Waals surface area contributed by atoms with Crippen molar-refractivity contribution >= 4 is 17.0 Å². The number of aromatic nitrogens is 2. The van der Waals surface area contributed by atoms with Crippen LogP contribution in [0.1, 0.15) is 25.3 Å². The number of fused-ring (bicyclic) bond motifs is 1. The highest BCUT2D eigenvalue weighted by atomic mass is 19.1. The molecule has 0 amide bonds. The highest BCUT2D eigenvalue weighted by Crippen LogP contribution is 2.26. The van der Waals surface area contributed by atoms with Gasteiger partial charge in [0.25, 0.3) is 5.56 Å². The third-order valence-corrected chi connectivity index (χ3v) is 7.20. The second kappa shape index (κ2) is 9.96. The molecule has 35 heavy (non-hydrogen) atoms. The summed E-state index contributed by atoms with van der Waals surface area (Å²) in [7, 11) is 0. The zero-order valence-corrected chi connectivity index (χ0v) is 20.1. The minimum absolute atomic E-state index is 0.0393. The molecular weight excluding hydrogens is 437 g/mol. The Morgan fingerprint density at radius 2 is 1.77 bits per heavy atom. The Morgan fingerprint density at radius 1 is 1.06 bits per heavy atom. The van der Waals surface area contributed by atoms with Crippen LogP contribution in [0.2, 0.25) is 0 Å². The quantitative estimate of drug-likeness (QED) is 0.440. The molecule has 2 unspecified atom stereocenters. The monoisotopic (exact) mass is 468 g/mol. The van der Waals surface area contributed by atoms with E-state index in [1.807, 2.05) is 53.1 Å². The van der Waals surface area contributed by atoms with Crippen molar-refractivity contribution in [1.29, 1.82) is 0 Å². The number of piperidine rings is 1. The molecule has 1 N–H and O–H groups in total. The van der Waals surface area contributed by atoms with Gasteiger partial charge >= 0.3 is 0 Å². The van der Waals surface area contributed by atoms with Crippen molar-refractivity contribution in [3.05, 3.63) is 95.0 Å². The number of hydrogen-bond donors (Lipinski definition) is 1. The standard InChI is InChI=1S/C30H30FN3O/c1-3-21-7-9-23(10-8-21)25-13-16-28-27(18-25)30(35)34(20-22-6-5-17-33(4-2)19-22)29(32-28)24-11-14-26(31)15-12-24/h3,7-16,18,22H,1,4-6,17,19-20H2,2H3/p+1. The Morgan fingerprint density at radius 3 is 2.49 bits per heavy atom. The lowest BCUT2D eigenvalue weighted by Gasteiger charge is -2.30. The lowest BCUT2D eigenvalue weighted by molar-refractivity contribution is -0.907. The number of benzene rings is 3. The van der Waals surface area contributed by atoms with Crippen molar-refractivity contribution in [2.75, 3.05) is 19.6 Å². The molecule has 5 rings (SSSR count). The molecule has 1 fully saturated rings. The van der Waals surface area contributed by atoms with Crippen molar-refractivity contribution < 1.29 is 9.29 Å². The molecule has 0 aliphatic carbocycles. The molecule has 178 valence electrons. The van der Waals surface area contributed by atoms with Gasteiger partial charge in [0, 0.05) is 18.0 Å². The van der Waals surface area contributed by atoms with Gasteiger partial charge in [0.05, 0.1) is 30.5 Å². The Labute approximate surface area is 205 Å². The van der Waals surface area contributed by atoms with E-state index in [4.69, 9.17) is 4.98 Å². The maximum Gasteiger partial charge on any atom is 0.261 e. The molecule has 5 heteroatoms. The molecule has 0 bridgehead atoms. The Balaban J connectivity index is 1.62. The molecule has 2 heterocycles. The van der Waals surface area contributed by atoms with Gasteiger partial charge in [-0.25, -0.2) is 9.37 Å². The molecule has 3 aromatic carbocycles. The van der Waals surface area contributed by atoms with Crippen LogP contribution in [0.5, 0.6) is 0 Å². The van der Waals surface area contributed by atoms with Gasteiger partial charge in [0.1, 0.15) is 11.6 Å². The molecule has 1 aliphatic rings. The molecule has 1 aromatic heterocycles. The third kappa shape index (κ3) is 4.82. The Hall–Kier alpha value is -3.57. The topological polar surface area (TPSA) is 39.3 Å². The summed E-state index contributed by atoms with van der Waals surface area (Å²) in [6, 6.07) is 20.3. The smallest absolute Gasteiger partial charge is 0.261 e. The third-order valence-electron chi connectivity index (χ3n) is 7.20. The van der Waals surface area contributed by atoms with E-state index >= 15 is 0 Å². The lowest BCUT2D eigenvalue weighted by atomic mass is 9.97. The molecule has 0 radical (unpaired) electrons. The molecule has 4 nitrogen and oxygen atoms in total. The first-order chi connectivity index (χ1) is 17.1. The first kappa shape index (κ1) is 23.2. The van der Waals surface area contributed by atoms with Crippen molar-refractivity contribution in [2.24, 2.45) is 5.92 Å². The van der Waals surface area contributed by atoms with Crippen LogP contribution >= 0.6 is 0 Å². The zero-order valence-electron chi connectivity index (χ0n) is 20.1. The highest BCUT2D eigenvalue weighted by Gasteiger charge is 2.24. The van der Waals surface area contributed by atoms with E-state index in [0.717, 1.165) is 41.8 Å². The summed E-state index contributed by atoms with van der Waals surface area (Å²) in [5, 5.41) is 0.608. The van der Waals surface area contributed by atoms with E-state index in [2.05, 4.69) is 13.5 Å². The average molecular weight is 469 g/mol. The Bertz CT molecular complexity index is 1410. The van der Waals surface area contributed by atoms with Gasteiger partial charge in [-0.2, -0.15) is 0 Å². The summed E-state index contributed by atoms with van der Waals surface area (Å²) in [5.74, 6) is 0.712. The van der Waals surface area contributed by atoms with Crippen LogP contribution in [0, 0.1) is 11.7 Å². The molecule has 0 spiro atoms. The van der Waals surface area contributed by atoms with Crippen molar-refractivity contribution in [1.82, 2.24) is 9.55 Å². The van der Waals surface area contributed by atoms with E-state index in [1.54, 1.807) is 17.0 Å². The van der Waals surface area contributed by atoms with Gasteiger partial charge in [-0.05, 0) is 72.9 Å². The molecule has 0 saturated carbocycles. The molecule has 1 aliphatic heterocycles. The van der Waals surface area contributed by atoms with E-state index in [-0.39, 0.29) is 11.4 Å². The summed E-state index contributed by atoms with van der Waals surface area (Å²) in [4.78, 5) is 20.4. The van der Waals surface area contributed by atoms with Gasteiger partial charge in [-0.1, -0.05) is 43.0 Å². The van der Waals surface area contributed by atoms with E-state index in [1.165, 1.54) is 25.1 Å². The number of rotatable bonds is 6. The number of likely N-dealkylation sites (tertiary alicyclic amines) is 1. The fraction of sp³-hybridized carbons (Fsp3) is 0.267. The largest absolute Gasteiger partial charge is 0.335 e. The minimum atomic E-state index is -0.301. The predicted octanol–water partition coefficient (Wildman–Crippen LogP) is 4.83. The van der Waals surface area contributed by atoms with Gasteiger partial charge in [-0.3, -0.25) is 9.36 Å². The fourth-order valence-corrected chi connectivity index (χ4v) is 5.19. The van der Waals surface area contributed by atoms with Crippen molar-refractivity contribution in [3.8, 4) is 22.5 Å². The van der Waals surface area contributed by atoms with E-state index < -0.39 is 0 Å². The molecule has 1 saturated heterocycles. The summed E-state index contributed by atoms with van der Waals surface area (Å²) in [6.07, 6.45) is 4.09. The number of nitrogens with zero attached hydrogens (tertiary/aromatic N) is 2. The Kier molecular flexibility index (Phi) is 6.60. The van der Waals surface area contributed by atoms with E-state index in [0.29, 0.717) is 29.2 Å². The van der Waals surface area contributed by atoms with Crippen LogP contribution in [0.3, 0.4) is 0 Å². The highest BCUT2D eigenvalue weighted by molar-refractivity contribution is 5.85. The predicted molar refractivity (Wildman–Crippen MR) is 141 cm³/mol. The van der Waals surface area contributed by atoms with Gasteiger partial charge in [0.15, 0.2) is 0 Å². The minimum Gasteiger partial charge on any atom is -0.335 e. The normalized spacial score (nSPS) is 18.0. The van der Waals surface area contributed by atoms with Gasteiger partial charge < -0.3 is 4.90 Å². The first-order valence-electron chi connectivity index (χ1n) is 12.4. The fourth-order valence-electron chi connectivity index (χ4n) is 5.19. The second-order valence-electron chi connectivity index (χ2n) is 9.48. The summed E-state index contributed by atoms with van der Waals surface area (Å²) in [5.41, 5.74) is 4.44. The van der Waals surface area contributed by atoms with E-state index in [9.17, 15) is 9.18 Å². The number of quaternary nitrogens is 1. The van der Waals surface area contributed by atoms with Crippen LogP contribution in [-0.4, -0.2) is 29.2 Å². The van der Waals surface area contributed by atoms with Crippen LogP contribution in [-0.2, 0) is 6.54 Å². The zero-order chi connectivity index (χ0) is 24.4. The maximum atomic E-state index is 13.9.